The SMILES string of the molecule is CC1(C)CCC(CN)(CC(=O)O)CC1. The maximum absolute atomic E-state index is 10.7. The van der Waals surface area contributed by atoms with Gasteiger partial charge in [0, 0.05) is 0 Å². The van der Waals surface area contributed by atoms with Gasteiger partial charge in [-0.1, -0.05) is 13.8 Å². The van der Waals surface area contributed by atoms with Crippen molar-refractivity contribution >= 4 is 5.97 Å². The summed E-state index contributed by atoms with van der Waals surface area (Å²) in [5, 5.41) is 8.84. The van der Waals surface area contributed by atoms with Crippen LogP contribution in [0.15, 0.2) is 0 Å². The zero-order valence-corrected chi connectivity index (χ0v) is 9.18. The monoisotopic (exact) mass is 199 g/mol. The molecule has 14 heavy (non-hydrogen) atoms. The summed E-state index contributed by atoms with van der Waals surface area (Å²) in [6.07, 6.45) is 4.35. The van der Waals surface area contributed by atoms with Crippen molar-refractivity contribution in [2.75, 3.05) is 6.54 Å². The van der Waals surface area contributed by atoms with Gasteiger partial charge < -0.3 is 10.8 Å². The van der Waals surface area contributed by atoms with E-state index in [0.29, 0.717) is 12.0 Å². The molecule has 0 saturated heterocycles. The number of hydrogen-bond donors (Lipinski definition) is 2. The van der Waals surface area contributed by atoms with Gasteiger partial charge in [0.05, 0.1) is 6.42 Å². The molecule has 1 saturated carbocycles. The molecule has 1 aliphatic carbocycles. The van der Waals surface area contributed by atoms with Crippen molar-refractivity contribution < 1.29 is 9.90 Å². The van der Waals surface area contributed by atoms with Crippen LogP contribution in [-0.4, -0.2) is 17.6 Å². The van der Waals surface area contributed by atoms with Crippen LogP contribution in [0.1, 0.15) is 46.0 Å². The molecular formula is C11H21NO2. The van der Waals surface area contributed by atoms with Crippen LogP contribution in [0.25, 0.3) is 0 Å². The molecule has 0 atom stereocenters. The van der Waals surface area contributed by atoms with Crippen LogP contribution < -0.4 is 5.73 Å². The Balaban J connectivity index is 2.61. The minimum atomic E-state index is -0.713. The Hall–Kier alpha value is -0.570. The summed E-state index contributed by atoms with van der Waals surface area (Å²) in [5.41, 5.74) is 5.96. The molecule has 0 aromatic carbocycles. The van der Waals surface area contributed by atoms with Crippen molar-refractivity contribution in [1.29, 1.82) is 0 Å². The van der Waals surface area contributed by atoms with E-state index in [4.69, 9.17) is 10.8 Å². The van der Waals surface area contributed by atoms with Gasteiger partial charge in [-0.3, -0.25) is 4.79 Å². The summed E-state index contributed by atoms with van der Waals surface area (Å²) in [6.45, 7) is 5.00. The second-order valence-electron chi connectivity index (χ2n) is 5.44. The van der Waals surface area contributed by atoms with Crippen LogP contribution in [0, 0.1) is 10.8 Å². The summed E-state index contributed by atoms with van der Waals surface area (Å²) >= 11 is 0. The Morgan fingerprint density at radius 1 is 1.29 bits per heavy atom. The molecule has 0 unspecified atom stereocenters. The maximum Gasteiger partial charge on any atom is 0.303 e. The standard InChI is InChI=1S/C11H21NO2/c1-10(2)3-5-11(8-12,6-4-10)7-9(13)14/h3-8,12H2,1-2H3,(H,13,14). The molecule has 0 radical (unpaired) electrons. The van der Waals surface area contributed by atoms with Crippen molar-refractivity contribution in [3.63, 3.8) is 0 Å². The molecule has 0 spiro atoms. The highest BCUT2D eigenvalue weighted by Crippen LogP contribution is 2.46. The van der Waals surface area contributed by atoms with Gasteiger partial charge in [0.1, 0.15) is 0 Å². The zero-order chi connectivity index (χ0) is 10.8. The van der Waals surface area contributed by atoms with Crippen LogP contribution in [-0.2, 0) is 4.79 Å². The fourth-order valence-electron chi connectivity index (χ4n) is 2.23. The molecule has 0 heterocycles. The Morgan fingerprint density at radius 2 is 1.79 bits per heavy atom. The van der Waals surface area contributed by atoms with Crippen molar-refractivity contribution in [1.82, 2.24) is 0 Å². The van der Waals surface area contributed by atoms with Crippen LogP contribution in [0.4, 0.5) is 0 Å². The Bertz CT molecular complexity index is 213. The van der Waals surface area contributed by atoms with E-state index in [9.17, 15) is 4.79 Å². The van der Waals surface area contributed by atoms with Gasteiger partial charge in [0.25, 0.3) is 0 Å². The summed E-state index contributed by atoms with van der Waals surface area (Å²) in [6, 6.07) is 0. The Labute approximate surface area is 85.7 Å². The quantitative estimate of drug-likeness (QED) is 0.730. The first kappa shape index (κ1) is 11.5. The van der Waals surface area contributed by atoms with Gasteiger partial charge >= 0.3 is 5.97 Å². The number of carbonyl (C=O) groups is 1. The molecule has 0 aromatic rings. The lowest BCUT2D eigenvalue weighted by molar-refractivity contribution is -0.140. The summed E-state index contributed by atoms with van der Waals surface area (Å²) in [4.78, 5) is 10.7. The fourth-order valence-corrected chi connectivity index (χ4v) is 2.23. The highest BCUT2D eigenvalue weighted by molar-refractivity contribution is 5.67. The van der Waals surface area contributed by atoms with Crippen molar-refractivity contribution in [3.8, 4) is 0 Å². The fraction of sp³-hybridized carbons (Fsp3) is 0.909. The topological polar surface area (TPSA) is 63.3 Å². The predicted octanol–water partition coefficient (Wildman–Crippen LogP) is 2.01. The number of aliphatic carboxylic acids is 1. The molecule has 3 N–H and O–H groups in total. The van der Waals surface area contributed by atoms with E-state index in [1.54, 1.807) is 0 Å². The highest BCUT2D eigenvalue weighted by Gasteiger charge is 2.38. The molecule has 3 heteroatoms. The number of carboxylic acid groups (broad SMARTS) is 1. The number of rotatable bonds is 3. The molecule has 1 fully saturated rings. The van der Waals surface area contributed by atoms with Crippen molar-refractivity contribution in [2.24, 2.45) is 16.6 Å². The number of hydrogen-bond acceptors (Lipinski definition) is 2. The molecule has 0 aromatic heterocycles. The minimum absolute atomic E-state index is 0.124. The second-order valence-corrected chi connectivity index (χ2v) is 5.44. The normalized spacial score (nSPS) is 24.5. The van der Waals surface area contributed by atoms with E-state index in [-0.39, 0.29) is 11.8 Å². The number of carboxylic acids is 1. The largest absolute Gasteiger partial charge is 0.481 e. The van der Waals surface area contributed by atoms with Gasteiger partial charge in [0.15, 0.2) is 0 Å². The third kappa shape index (κ3) is 2.71. The Kier molecular flexibility index (Phi) is 3.20. The first-order chi connectivity index (χ1) is 6.39. The Morgan fingerprint density at radius 3 is 2.14 bits per heavy atom. The number of nitrogens with two attached hydrogens (primary N) is 1. The zero-order valence-electron chi connectivity index (χ0n) is 9.18. The molecule has 82 valence electrons. The second kappa shape index (κ2) is 3.89. The first-order valence-corrected chi connectivity index (χ1v) is 5.31. The lowest BCUT2D eigenvalue weighted by Gasteiger charge is -2.42. The van der Waals surface area contributed by atoms with E-state index in [1.165, 1.54) is 0 Å². The predicted molar refractivity (Wildman–Crippen MR) is 56.0 cm³/mol. The van der Waals surface area contributed by atoms with Gasteiger partial charge in [0.2, 0.25) is 0 Å². The van der Waals surface area contributed by atoms with Crippen molar-refractivity contribution in [2.45, 2.75) is 46.0 Å². The van der Waals surface area contributed by atoms with E-state index < -0.39 is 5.97 Å². The van der Waals surface area contributed by atoms with Gasteiger partial charge in [-0.25, -0.2) is 0 Å². The molecule has 0 bridgehead atoms. The van der Waals surface area contributed by atoms with E-state index in [0.717, 1.165) is 25.7 Å². The molecular weight excluding hydrogens is 178 g/mol. The van der Waals surface area contributed by atoms with Gasteiger partial charge in [-0.05, 0) is 43.1 Å². The van der Waals surface area contributed by atoms with Crippen LogP contribution in [0.5, 0.6) is 0 Å². The molecule has 0 amide bonds. The molecule has 1 rings (SSSR count). The van der Waals surface area contributed by atoms with Crippen LogP contribution in [0.3, 0.4) is 0 Å². The highest BCUT2D eigenvalue weighted by atomic mass is 16.4. The average molecular weight is 199 g/mol. The summed E-state index contributed by atoms with van der Waals surface area (Å²) in [7, 11) is 0. The van der Waals surface area contributed by atoms with E-state index >= 15 is 0 Å². The van der Waals surface area contributed by atoms with Crippen LogP contribution >= 0.6 is 0 Å². The first-order valence-electron chi connectivity index (χ1n) is 5.31. The third-order valence-electron chi connectivity index (χ3n) is 3.62. The van der Waals surface area contributed by atoms with Gasteiger partial charge in [-0.2, -0.15) is 0 Å². The van der Waals surface area contributed by atoms with Gasteiger partial charge in [-0.15, -0.1) is 0 Å². The smallest absolute Gasteiger partial charge is 0.303 e. The molecule has 3 nitrogen and oxygen atoms in total. The third-order valence-corrected chi connectivity index (χ3v) is 3.62. The van der Waals surface area contributed by atoms with Crippen LogP contribution in [0.2, 0.25) is 0 Å². The summed E-state index contributed by atoms with van der Waals surface area (Å²) < 4.78 is 0. The summed E-state index contributed by atoms with van der Waals surface area (Å²) in [5.74, 6) is -0.713. The molecule has 0 aliphatic heterocycles. The van der Waals surface area contributed by atoms with E-state index in [2.05, 4.69) is 13.8 Å². The van der Waals surface area contributed by atoms with Crippen molar-refractivity contribution in [3.05, 3.63) is 0 Å². The lowest BCUT2D eigenvalue weighted by atomic mass is 9.64. The lowest BCUT2D eigenvalue weighted by Crippen LogP contribution is -2.38. The minimum Gasteiger partial charge on any atom is -0.481 e. The molecule has 1 aliphatic rings. The average Bonchev–Trinajstić information content (AvgIpc) is 2.09. The maximum atomic E-state index is 10.7. The van der Waals surface area contributed by atoms with E-state index in [1.807, 2.05) is 0 Å².